The molecule has 0 fully saturated rings. The first-order valence-electron chi connectivity index (χ1n) is 6.42. The molecule has 2 heteroatoms. The Kier molecular flexibility index (Phi) is 2.71. The number of hydrogen-bond acceptors (Lipinski definition) is 2. The van der Waals surface area contributed by atoms with Gasteiger partial charge in [0.05, 0.1) is 0 Å². The Morgan fingerprint density at radius 2 is 2.00 bits per heavy atom. The zero-order valence-corrected chi connectivity index (χ0v) is 10.7. The van der Waals surface area contributed by atoms with E-state index < -0.39 is 0 Å². The number of benzene rings is 2. The molecule has 92 valence electrons. The molecule has 0 radical (unpaired) electrons. The minimum Gasteiger partial charge on any atom is -0.399 e. The molecule has 0 amide bonds. The summed E-state index contributed by atoms with van der Waals surface area (Å²) in [5.41, 5.74) is 12.1. The highest BCUT2D eigenvalue weighted by molar-refractivity contribution is 5.58. The van der Waals surface area contributed by atoms with Crippen molar-refractivity contribution in [3.8, 4) is 0 Å². The SMILES string of the molecule is Cc1cc(CN2CCc3ccccc32)ccc1N. The number of nitrogens with zero attached hydrogens (tertiary/aromatic N) is 1. The zero-order chi connectivity index (χ0) is 12.5. The highest BCUT2D eigenvalue weighted by Crippen LogP contribution is 2.29. The summed E-state index contributed by atoms with van der Waals surface area (Å²) >= 11 is 0. The van der Waals surface area contributed by atoms with Crippen LogP contribution in [0.25, 0.3) is 0 Å². The minimum atomic E-state index is 0.876. The number of anilines is 2. The highest BCUT2D eigenvalue weighted by Gasteiger charge is 2.18. The third-order valence-electron chi connectivity index (χ3n) is 3.69. The van der Waals surface area contributed by atoms with Crippen LogP contribution in [0.4, 0.5) is 11.4 Å². The average molecular weight is 238 g/mol. The smallest absolute Gasteiger partial charge is 0.0429 e. The monoisotopic (exact) mass is 238 g/mol. The van der Waals surface area contributed by atoms with E-state index in [-0.39, 0.29) is 0 Å². The Labute approximate surface area is 108 Å². The van der Waals surface area contributed by atoms with Crippen molar-refractivity contribution in [1.82, 2.24) is 0 Å². The number of aryl methyl sites for hydroxylation is 1. The molecule has 0 saturated carbocycles. The van der Waals surface area contributed by atoms with E-state index in [4.69, 9.17) is 5.73 Å². The summed E-state index contributed by atoms with van der Waals surface area (Å²) in [6, 6.07) is 15.0. The van der Waals surface area contributed by atoms with Crippen LogP contribution in [0.1, 0.15) is 16.7 Å². The molecule has 3 rings (SSSR count). The first-order chi connectivity index (χ1) is 8.74. The third-order valence-corrected chi connectivity index (χ3v) is 3.69. The second kappa shape index (κ2) is 4.37. The predicted molar refractivity (Wildman–Crippen MR) is 76.8 cm³/mol. The van der Waals surface area contributed by atoms with E-state index in [0.29, 0.717) is 0 Å². The van der Waals surface area contributed by atoms with Crippen molar-refractivity contribution in [2.24, 2.45) is 0 Å². The van der Waals surface area contributed by atoms with Gasteiger partial charge >= 0.3 is 0 Å². The van der Waals surface area contributed by atoms with Gasteiger partial charge in [0.1, 0.15) is 0 Å². The summed E-state index contributed by atoms with van der Waals surface area (Å²) in [4.78, 5) is 2.44. The van der Waals surface area contributed by atoms with Crippen molar-refractivity contribution in [3.05, 3.63) is 59.2 Å². The fourth-order valence-corrected chi connectivity index (χ4v) is 2.63. The zero-order valence-electron chi connectivity index (χ0n) is 10.7. The molecule has 0 aliphatic carbocycles. The topological polar surface area (TPSA) is 29.3 Å². The van der Waals surface area contributed by atoms with E-state index in [1.54, 1.807) is 0 Å². The third kappa shape index (κ3) is 1.94. The van der Waals surface area contributed by atoms with Crippen LogP contribution >= 0.6 is 0 Å². The van der Waals surface area contributed by atoms with Crippen LogP contribution in [-0.4, -0.2) is 6.54 Å². The van der Waals surface area contributed by atoms with Gasteiger partial charge in [0.15, 0.2) is 0 Å². The van der Waals surface area contributed by atoms with Crippen LogP contribution in [0.15, 0.2) is 42.5 Å². The molecule has 2 aromatic rings. The molecule has 2 nitrogen and oxygen atoms in total. The molecule has 2 aromatic carbocycles. The molecule has 1 aliphatic rings. The Bertz CT molecular complexity index is 575. The van der Waals surface area contributed by atoms with Crippen LogP contribution in [0, 0.1) is 6.92 Å². The Morgan fingerprint density at radius 3 is 2.83 bits per heavy atom. The summed E-state index contributed by atoms with van der Waals surface area (Å²) in [7, 11) is 0. The molecule has 2 N–H and O–H groups in total. The van der Waals surface area contributed by atoms with Gasteiger partial charge in [0.25, 0.3) is 0 Å². The number of nitrogen functional groups attached to an aromatic ring is 1. The summed E-state index contributed by atoms with van der Waals surface area (Å²) in [5.74, 6) is 0. The molecule has 1 heterocycles. The number of nitrogens with two attached hydrogens (primary N) is 1. The summed E-state index contributed by atoms with van der Waals surface area (Å²) in [6.45, 7) is 4.15. The largest absolute Gasteiger partial charge is 0.399 e. The van der Waals surface area contributed by atoms with E-state index in [0.717, 1.165) is 25.2 Å². The molecule has 0 saturated heterocycles. The van der Waals surface area contributed by atoms with E-state index >= 15 is 0 Å². The first kappa shape index (κ1) is 11.1. The van der Waals surface area contributed by atoms with Crippen molar-refractivity contribution >= 4 is 11.4 Å². The maximum absolute atomic E-state index is 5.86. The molecule has 0 spiro atoms. The van der Waals surface area contributed by atoms with E-state index in [2.05, 4.69) is 48.2 Å². The average Bonchev–Trinajstić information content (AvgIpc) is 2.78. The maximum atomic E-state index is 5.86. The molecule has 0 bridgehead atoms. The van der Waals surface area contributed by atoms with E-state index in [1.807, 2.05) is 6.07 Å². The fraction of sp³-hybridized carbons (Fsp3) is 0.250. The molecular weight excluding hydrogens is 220 g/mol. The second-order valence-electron chi connectivity index (χ2n) is 4.99. The lowest BCUT2D eigenvalue weighted by atomic mass is 10.1. The van der Waals surface area contributed by atoms with Crippen LogP contribution in [0.2, 0.25) is 0 Å². The van der Waals surface area contributed by atoms with Crippen molar-refractivity contribution in [3.63, 3.8) is 0 Å². The lowest BCUT2D eigenvalue weighted by Gasteiger charge is -2.20. The van der Waals surface area contributed by atoms with Gasteiger partial charge in [0.2, 0.25) is 0 Å². The van der Waals surface area contributed by atoms with Gasteiger partial charge in [-0.1, -0.05) is 30.3 Å². The van der Waals surface area contributed by atoms with Crippen molar-refractivity contribution in [2.75, 3.05) is 17.2 Å². The Hall–Kier alpha value is -1.96. The standard InChI is InChI=1S/C16H18N2/c1-12-10-13(6-7-15(12)17)11-18-9-8-14-4-2-3-5-16(14)18/h2-7,10H,8-9,11,17H2,1H3. The van der Waals surface area contributed by atoms with Crippen molar-refractivity contribution in [1.29, 1.82) is 0 Å². The molecular formula is C16H18N2. The number of para-hydroxylation sites is 1. The highest BCUT2D eigenvalue weighted by atomic mass is 15.1. The first-order valence-corrected chi connectivity index (χ1v) is 6.42. The van der Waals surface area contributed by atoms with Gasteiger partial charge in [-0.15, -0.1) is 0 Å². The van der Waals surface area contributed by atoms with Crippen LogP contribution in [0.5, 0.6) is 0 Å². The predicted octanol–water partition coefficient (Wildman–Crippen LogP) is 3.14. The van der Waals surface area contributed by atoms with Gasteiger partial charge in [-0.05, 0) is 42.2 Å². The van der Waals surface area contributed by atoms with Crippen LogP contribution in [-0.2, 0) is 13.0 Å². The maximum Gasteiger partial charge on any atom is 0.0429 e. The molecule has 0 aromatic heterocycles. The number of hydrogen-bond donors (Lipinski definition) is 1. The Balaban J connectivity index is 1.84. The number of fused-ring (bicyclic) bond motifs is 1. The fourth-order valence-electron chi connectivity index (χ4n) is 2.63. The van der Waals surface area contributed by atoms with Crippen LogP contribution in [0.3, 0.4) is 0 Å². The van der Waals surface area contributed by atoms with Crippen molar-refractivity contribution in [2.45, 2.75) is 19.9 Å². The molecule has 18 heavy (non-hydrogen) atoms. The quantitative estimate of drug-likeness (QED) is 0.814. The van der Waals surface area contributed by atoms with Gasteiger partial charge in [-0.2, -0.15) is 0 Å². The van der Waals surface area contributed by atoms with Crippen molar-refractivity contribution < 1.29 is 0 Å². The molecule has 0 atom stereocenters. The second-order valence-corrected chi connectivity index (χ2v) is 4.99. The lowest BCUT2D eigenvalue weighted by molar-refractivity contribution is 0.835. The minimum absolute atomic E-state index is 0.876. The van der Waals surface area contributed by atoms with Gasteiger partial charge in [-0.25, -0.2) is 0 Å². The van der Waals surface area contributed by atoms with Gasteiger partial charge in [-0.3, -0.25) is 0 Å². The molecule has 0 unspecified atom stereocenters. The number of rotatable bonds is 2. The van der Waals surface area contributed by atoms with Crippen LogP contribution < -0.4 is 10.6 Å². The normalized spacial score (nSPS) is 13.7. The summed E-state index contributed by atoms with van der Waals surface area (Å²) in [5, 5.41) is 0. The van der Waals surface area contributed by atoms with Gasteiger partial charge in [0, 0.05) is 24.5 Å². The Morgan fingerprint density at radius 1 is 1.17 bits per heavy atom. The van der Waals surface area contributed by atoms with E-state index in [1.165, 1.54) is 22.4 Å². The molecule has 1 aliphatic heterocycles. The summed E-state index contributed by atoms with van der Waals surface area (Å²) in [6.07, 6.45) is 1.16. The van der Waals surface area contributed by atoms with E-state index in [9.17, 15) is 0 Å². The van der Waals surface area contributed by atoms with Gasteiger partial charge < -0.3 is 10.6 Å². The lowest BCUT2D eigenvalue weighted by Crippen LogP contribution is -2.19. The summed E-state index contributed by atoms with van der Waals surface area (Å²) < 4.78 is 0.